The second kappa shape index (κ2) is 29.9. The minimum atomic E-state index is -2.09. The van der Waals surface area contributed by atoms with Crippen molar-refractivity contribution in [1.29, 1.82) is 0 Å². The van der Waals surface area contributed by atoms with Gasteiger partial charge in [0.15, 0.2) is 31.0 Å². The van der Waals surface area contributed by atoms with Crippen LogP contribution in [0.3, 0.4) is 0 Å². The molecule has 2 saturated carbocycles. The van der Waals surface area contributed by atoms with E-state index in [1.165, 1.54) is 188 Å². The van der Waals surface area contributed by atoms with Crippen molar-refractivity contribution in [3.63, 3.8) is 0 Å². The fourth-order valence-electron chi connectivity index (χ4n) is 14.8. The highest BCUT2D eigenvalue weighted by atomic mass is 14.9. The molecule has 0 radical (unpaired) electrons. The first-order valence-corrected chi connectivity index (χ1v) is 36.0. The van der Waals surface area contributed by atoms with E-state index in [2.05, 4.69) is 187 Å². The molecule has 500 valence electrons. The Morgan fingerprint density at radius 1 is 0.293 bits per heavy atom. The number of allylic oxidation sites excluding steroid dienone is 10. The number of rotatable bonds is 12. The third-order valence-corrected chi connectivity index (χ3v) is 21.4. The van der Waals surface area contributed by atoms with E-state index < -0.39 is 20.6 Å². The van der Waals surface area contributed by atoms with Crippen LogP contribution < -0.4 is 22.8 Å². The van der Waals surface area contributed by atoms with Gasteiger partial charge >= 0.3 is 0 Å². The van der Waals surface area contributed by atoms with Crippen LogP contribution in [0.25, 0.3) is 83.5 Å². The number of benzene rings is 5. The summed E-state index contributed by atoms with van der Waals surface area (Å²) in [6.07, 6.45) is 28.7. The highest BCUT2D eigenvalue weighted by Crippen LogP contribution is 2.43. The van der Waals surface area contributed by atoms with E-state index >= 15 is 0 Å². The Morgan fingerprint density at radius 2 is 0.636 bits per heavy atom. The van der Waals surface area contributed by atoms with Gasteiger partial charge in [-0.2, -0.15) is 0 Å². The maximum Gasteiger partial charge on any atom is 0.209 e. The fraction of sp³-hybridized carbons (Fsp3) is 0.309. The number of aromatic nitrogens is 5. The maximum absolute atomic E-state index is 7.71. The molecular formula is C94H104N5+5. The van der Waals surface area contributed by atoms with Crippen LogP contribution >= 0.6 is 0 Å². The van der Waals surface area contributed by atoms with E-state index in [0.29, 0.717) is 16.7 Å². The van der Waals surface area contributed by atoms with E-state index in [1.54, 1.807) is 42.5 Å². The van der Waals surface area contributed by atoms with Gasteiger partial charge in [-0.25, -0.2) is 22.8 Å². The number of hydrogen-bond donors (Lipinski definition) is 0. The lowest BCUT2D eigenvalue weighted by Crippen LogP contribution is -2.31. The molecule has 5 aromatic carbocycles. The lowest BCUT2D eigenvalue weighted by molar-refractivity contribution is -0.673. The van der Waals surface area contributed by atoms with Crippen LogP contribution in [0.4, 0.5) is 0 Å². The van der Waals surface area contributed by atoms with Gasteiger partial charge in [0.05, 0.1) is 0 Å². The van der Waals surface area contributed by atoms with E-state index in [-0.39, 0.29) is 0 Å². The Kier molecular flexibility index (Phi) is 17.4. The Labute approximate surface area is 605 Å². The summed E-state index contributed by atoms with van der Waals surface area (Å²) in [5.41, 5.74) is 36.3. The molecule has 5 aromatic heterocycles. The predicted octanol–water partition coefficient (Wildman–Crippen LogP) is 21.4. The number of pyridine rings is 5. The van der Waals surface area contributed by atoms with Gasteiger partial charge < -0.3 is 0 Å². The molecule has 5 nitrogen and oxygen atoms in total. The van der Waals surface area contributed by atoms with Gasteiger partial charge in [-0.3, -0.25) is 0 Å². The summed E-state index contributed by atoms with van der Waals surface area (Å²) in [6.45, 7) is 4.69. The van der Waals surface area contributed by atoms with E-state index in [0.717, 1.165) is 64.5 Å². The first kappa shape index (κ1) is 57.5. The lowest BCUT2D eigenvalue weighted by atomic mass is 9.83. The van der Waals surface area contributed by atoms with E-state index in [4.69, 9.17) is 12.3 Å². The molecule has 0 atom stereocenters. The third kappa shape index (κ3) is 16.7. The van der Waals surface area contributed by atoms with Crippen molar-refractivity contribution >= 4 is 27.9 Å². The first-order chi connectivity index (χ1) is 51.5. The van der Waals surface area contributed by atoms with Gasteiger partial charge in [0.25, 0.3) is 0 Å². The summed E-state index contributed by atoms with van der Waals surface area (Å²) in [5.74, 6) is 1.56. The molecule has 0 N–H and O–H groups in total. The summed E-state index contributed by atoms with van der Waals surface area (Å²) in [7, 11) is 10.4. The van der Waals surface area contributed by atoms with Gasteiger partial charge in [-0.1, -0.05) is 192 Å². The highest BCUT2D eigenvalue weighted by Gasteiger charge is 2.31. The second-order valence-corrected chi connectivity index (χ2v) is 29.0. The molecule has 0 spiro atoms. The topological polar surface area (TPSA) is 19.4 Å². The largest absolute Gasteiger partial charge is 0.209 e. The number of hydrogen-bond acceptors (Lipinski definition) is 0. The minimum Gasteiger partial charge on any atom is -0.201 e. The molecule has 7 aliphatic carbocycles. The molecular weight excluding hydrogens is 1200 g/mol. The lowest BCUT2D eigenvalue weighted by Gasteiger charge is -2.22. The molecule has 0 unspecified atom stereocenters. The maximum atomic E-state index is 7.71. The van der Waals surface area contributed by atoms with E-state index in [9.17, 15) is 0 Å². The molecule has 17 rings (SSSR count). The average Bonchev–Trinajstić information content (AvgIpc) is 1.76. The van der Waals surface area contributed by atoms with Crippen molar-refractivity contribution in [3.05, 3.63) is 297 Å². The second-order valence-electron chi connectivity index (χ2n) is 29.0. The van der Waals surface area contributed by atoms with Crippen molar-refractivity contribution in [2.24, 2.45) is 35.2 Å². The Bertz CT molecular complexity index is 5260. The molecule has 99 heavy (non-hydrogen) atoms. The summed E-state index contributed by atoms with van der Waals surface area (Å²) < 4.78 is 79.2. The van der Waals surface area contributed by atoms with Gasteiger partial charge in [0.1, 0.15) is 35.2 Å². The van der Waals surface area contributed by atoms with Crippen LogP contribution in [-0.4, -0.2) is 0 Å². The van der Waals surface area contributed by atoms with Crippen molar-refractivity contribution in [2.75, 3.05) is 0 Å². The minimum absolute atomic E-state index is 0.382. The van der Waals surface area contributed by atoms with Crippen LogP contribution in [0.15, 0.2) is 241 Å². The molecule has 5 heterocycles. The summed E-state index contributed by atoms with van der Waals surface area (Å²) in [5, 5.41) is 0. The average molecular weight is 1310 g/mol. The van der Waals surface area contributed by atoms with Crippen LogP contribution in [-0.2, 0) is 35.2 Å². The highest BCUT2D eigenvalue weighted by molar-refractivity contribution is 5.83. The smallest absolute Gasteiger partial charge is 0.201 e. The first-order valence-electron chi connectivity index (χ1n) is 40.5. The van der Waals surface area contributed by atoms with Crippen LogP contribution in [0.2, 0.25) is 0 Å². The van der Waals surface area contributed by atoms with Crippen molar-refractivity contribution in [3.8, 4) is 55.6 Å². The fourth-order valence-corrected chi connectivity index (χ4v) is 14.8. The van der Waals surface area contributed by atoms with Gasteiger partial charge in [0.2, 0.25) is 28.5 Å². The molecule has 7 aliphatic rings. The number of nitrogens with zero attached hydrogens (tertiary/aromatic N) is 5. The SMILES string of the molecule is CC1=C(c2ccc(-c3cccc(C4CCCC4)c3)c[n+]2C)C1.CC1=C(c2ccc(-c3cccc(C4CCCCC4)c3)c[n+]2C)C1.[2H]C([2H])([2H])c1cccc(-c2cc[n+](C)c(C3=C(C)C3)c2)c1.[2H]C([2H])([2H])c1cccc(-c2ccc(C3=C(C)C3)[n+](C)c2)c1.[2H]C([2H])([2H])c1ccccc1-c1cc[n+](C)c(C2=C(C)C2)c1. The van der Waals surface area contributed by atoms with Crippen molar-refractivity contribution in [1.82, 2.24) is 0 Å². The molecule has 0 aliphatic heterocycles. The molecule has 10 aromatic rings. The van der Waals surface area contributed by atoms with Gasteiger partial charge in [-0.15, -0.1) is 0 Å². The molecule has 0 saturated heterocycles. The quantitative estimate of drug-likeness (QED) is 0.109. The van der Waals surface area contributed by atoms with Gasteiger partial charge in [0, 0.05) is 131 Å². The van der Waals surface area contributed by atoms with Crippen LogP contribution in [0.5, 0.6) is 0 Å². The zero-order valence-electron chi connectivity index (χ0n) is 69.0. The van der Waals surface area contributed by atoms with E-state index in [1.807, 2.05) is 76.0 Å². The molecule has 0 amide bonds. The third-order valence-electron chi connectivity index (χ3n) is 21.4. The Morgan fingerprint density at radius 3 is 1.03 bits per heavy atom. The summed E-state index contributed by atoms with van der Waals surface area (Å²) in [6, 6.07) is 61.6. The molecule has 2 fully saturated rings. The van der Waals surface area contributed by atoms with Crippen LogP contribution in [0, 0.1) is 20.6 Å². The normalized spacial score (nSPS) is 17.6. The van der Waals surface area contributed by atoms with Gasteiger partial charge in [-0.05, 0) is 167 Å². The zero-order valence-corrected chi connectivity index (χ0v) is 60.0. The van der Waals surface area contributed by atoms with Crippen LogP contribution in [0.1, 0.15) is 205 Å². The van der Waals surface area contributed by atoms with Crippen molar-refractivity contribution < 1.29 is 35.2 Å². The molecule has 5 heteroatoms. The Hall–Kier alpha value is -9.45. The standard InChI is InChI=1S/C22H26N.C21H24N.3C17H18N/c1-16-13-21(16)22-12-11-20(15-23(22)2)19-10-6-9-18(14-19)17-7-4-3-5-8-17;1-15-12-20(15)21-11-10-19(14-22(21)2)18-9-5-8-17(13-18)16-6-3-4-7-16;1-12-5-4-6-14(9-12)15-7-8-18(3)17(11-15)16-10-13(16)2;1-12-5-4-6-14(9-12)15-7-8-17(18(3)11-15)16-10-13(16)2;1-12-6-4-5-7-15(12)14-8-9-18(3)17(11-14)16-10-13(16)2/h6,9-12,14-15,17H,3-5,7-8,13H2,1-2H3;5,8-11,13-14,16H,3-4,6-7,12H2,1-2H3;3*4-9,11H,10H2,1-3H3/q5*+1/i;;3*1D3. The monoisotopic (exact) mass is 1310 g/mol. The number of aryl methyl sites for hydroxylation is 8. The summed E-state index contributed by atoms with van der Waals surface area (Å²) in [4.78, 5) is 0. The predicted molar refractivity (Wildman–Crippen MR) is 413 cm³/mol. The Balaban J connectivity index is 0.000000119. The van der Waals surface area contributed by atoms with Crippen molar-refractivity contribution in [2.45, 2.75) is 157 Å². The molecule has 0 bridgehead atoms. The summed E-state index contributed by atoms with van der Waals surface area (Å²) >= 11 is 0. The zero-order chi connectivity index (χ0) is 76.5.